The minimum atomic E-state index is -0.881. The van der Waals surface area contributed by atoms with E-state index in [9.17, 15) is 9.59 Å². The highest BCUT2D eigenvalue weighted by Gasteiger charge is 1.82. The molecule has 0 aromatic rings. The summed E-state index contributed by atoms with van der Waals surface area (Å²) in [6.07, 6.45) is 0. The van der Waals surface area contributed by atoms with Gasteiger partial charge in [-0.2, -0.15) is 25.3 Å². The van der Waals surface area contributed by atoms with Crippen molar-refractivity contribution in [2.75, 3.05) is 24.7 Å². The van der Waals surface area contributed by atoms with Crippen molar-refractivity contribution in [2.45, 2.75) is 0 Å². The van der Waals surface area contributed by atoms with Crippen LogP contribution in [-0.4, -0.2) is 57.1 Å². The van der Waals surface area contributed by atoms with E-state index in [-0.39, 0.29) is 29.4 Å². The number of rotatable bonds is 3. The number of aliphatic hydroxyl groups excluding tert-OH is 2. The van der Waals surface area contributed by atoms with Crippen LogP contribution in [0.5, 0.6) is 0 Å². The molecular weight excluding hydrogens is 251 g/mol. The lowest BCUT2D eigenvalue weighted by Crippen LogP contribution is -1.92. The van der Waals surface area contributed by atoms with E-state index in [1.54, 1.807) is 0 Å². The average Bonchev–Trinajstić information content (AvgIpc) is 2.19. The van der Waals surface area contributed by atoms with Crippen LogP contribution in [0.3, 0.4) is 0 Å². The molecule has 0 fully saturated rings. The van der Waals surface area contributed by atoms with Gasteiger partial charge in [0, 0.05) is 0 Å². The summed E-state index contributed by atoms with van der Waals surface area (Å²) in [5, 5.41) is 30.5. The van der Waals surface area contributed by atoms with Crippen LogP contribution in [0.15, 0.2) is 0 Å². The van der Waals surface area contributed by atoms with Crippen LogP contribution in [0.25, 0.3) is 0 Å². The van der Waals surface area contributed by atoms with Gasteiger partial charge in [-0.1, -0.05) is 0 Å². The number of hydrogen-bond acceptors (Lipinski definition) is 6. The Morgan fingerprint density at radius 1 is 0.867 bits per heavy atom. The van der Waals surface area contributed by atoms with Crippen LogP contribution >= 0.6 is 25.3 Å². The smallest absolute Gasteiger partial charge is 0.313 e. The van der Waals surface area contributed by atoms with Crippen LogP contribution in [-0.2, 0) is 9.59 Å². The fourth-order valence-corrected chi connectivity index (χ4v) is 0. The lowest BCUT2D eigenvalue weighted by atomic mass is 10.8. The summed E-state index contributed by atoms with van der Waals surface area (Å²) >= 11 is 6.83. The third-order valence-corrected chi connectivity index (χ3v) is 0.912. The van der Waals surface area contributed by atoms with Crippen LogP contribution in [0.4, 0.5) is 4.70 Å². The molecule has 0 bridgehead atoms. The van der Waals surface area contributed by atoms with E-state index in [0.717, 1.165) is 0 Å². The van der Waals surface area contributed by atoms with Gasteiger partial charge >= 0.3 is 11.9 Å². The molecule has 0 radical (unpaired) electrons. The molecule has 0 saturated carbocycles. The summed E-state index contributed by atoms with van der Waals surface area (Å²) in [5.41, 5.74) is 0. The topological polar surface area (TPSA) is 115 Å². The van der Waals surface area contributed by atoms with Crippen molar-refractivity contribution in [3.05, 3.63) is 0 Å². The zero-order valence-electron chi connectivity index (χ0n) is 7.74. The first kappa shape index (κ1) is 24.0. The fraction of sp³-hybridized carbons (Fsp3) is 0.667. The second-order valence-corrected chi connectivity index (χ2v) is 2.18. The first-order valence-corrected chi connectivity index (χ1v) is 4.59. The summed E-state index contributed by atoms with van der Waals surface area (Å²) in [5.74, 6) is -1.93. The molecule has 0 heterocycles. The molecule has 0 rings (SSSR count). The van der Waals surface area contributed by atoms with E-state index in [2.05, 4.69) is 25.3 Å². The molecule has 6 nitrogen and oxygen atoms in total. The molecule has 0 unspecified atom stereocenters. The Balaban J connectivity index is -0.0000000590. The van der Waals surface area contributed by atoms with E-state index in [1.165, 1.54) is 0 Å². The molecule has 0 spiro atoms. The van der Waals surface area contributed by atoms with E-state index in [0.29, 0.717) is 0 Å². The number of carboxylic acid groups (broad SMARTS) is 2. The lowest BCUT2D eigenvalue weighted by molar-refractivity contribution is -0.134. The van der Waals surface area contributed by atoms with Gasteiger partial charge in [-0.3, -0.25) is 14.3 Å². The zero-order chi connectivity index (χ0) is 12.0. The second-order valence-electron chi connectivity index (χ2n) is 1.55. The molecule has 4 N–H and O–H groups in total. The summed E-state index contributed by atoms with van der Waals surface area (Å²) in [7, 11) is 0. The predicted octanol–water partition coefficient (Wildman–Crippen LogP) is -0.875. The van der Waals surface area contributed by atoms with E-state index in [1.807, 2.05) is 0 Å². The Bertz CT molecular complexity index is 130. The highest BCUT2D eigenvalue weighted by atomic mass is 32.1. The van der Waals surface area contributed by atoms with Crippen LogP contribution < -0.4 is 0 Å². The molecule has 0 atom stereocenters. The van der Waals surface area contributed by atoms with Gasteiger partial charge in [0.05, 0.1) is 24.7 Å². The van der Waals surface area contributed by atoms with E-state index < -0.39 is 11.9 Å². The van der Waals surface area contributed by atoms with Crippen molar-refractivity contribution in [2.24, 2.45) is 0 Å². The predicted molar refractivity (Wildman–Crippen MR) is 59.7 cm³/mol. The Morgan fingerprint density at radius 2 is 1.00 bits per heavy atom. The van der Waals surface area contributed by atoms with Gasteiger partial charge in [0.2, 0.25) is 0 Å². The fourth-order valence-electron chi connectivity index (χ4n) is 0. The van der Waals surface area contributed by atoms with Crippen LogP contribution in [0.1, 0.15) is 0 Å². The number of thiol groups is 2. The Labute approximate surface area is 97.1 Å². The number of aliphatic carboxylic acids is 2. The number of carbonyl (C=O) groups is 2. The Morgan fingerprint density at radius 3 is 1.00 bits per heavy atom. The standard InChI is InChI=1S/2C2H4O2S.C2H6O2.FH/c2*3-2(4)1-5;3-1-2-4;/h2*5H,1H2,(H,3,4);3-4H,1-2H2;1H. The molecule has 15 heavy (non-hydrogen) atoms. The van der Waals surface area contributed by atoms with E-state index in [4.69, 9.17) is 20.4 Å². The lowest BCUT2D eigenvalue weighted by Gasteiger charge is -1.71. The maximum atomic E-state index is 9.29. The summed E-state index contributed by atoms with van der Waals surface area (Å²) in [6, 6.07) is 0. The number of halogens is 1. The van der Waals surface area contributed by atoms with Gasteiger partial charge in [0.15, 0.2) is 0 Å². The van der Waals surface area contributed by atoms with Gasteiger partial charge in [-0.15, -0.1) is 0 Å². The van der Waals surface area contributed by atoms with Crippen molar-refractivity contribution in [1.82, 2.24) is 0 Å². The van der Waals surface area contributed by atoms with Crippen LogP contribution in [0.2, 0.25) is 0 Å². The molecule has 0 aliphatic rings. The minimum absolute atomic E-state index is 0. The zero-order valence-corrected chi connectivity index (χ0v) is 9.53. The number of hydrogen-bond donors (Lipinski definition) is 6. The van der Waals surface area contributed by atoms with Gasteiger partial charge in [-0.25, -0.2) is 0 Å². The molecule has 0 amide bonds. The summed E-state index contributed by atoms with van der Waals surface area (Å²) < 4.78 is 0. The van der Waals surface area contributed by atoms with Crippen molar-refractivity contribution >= 4 is 37.2 Å². The Kier molecular flexibility index (Phi) is 37.3. The maximum absolute atomic E-state index is 9.29. The molecule has 0 aromatic heterocycles. The second kappa shape index (κ2) is 23.4. The molecular formula is C6H15FO6S2. The van der Waals surface area contributed by atoms with Crippen molar-refractivity contribution in [1.29, 1.82) is 0 Å². The van der Waals surface area contributed by atoms with Gasteiger partial charge in [0.25, 0.3) is 0 Å². The molecule has 9 heteroatoms. The molecule has 0 aromatic carbocycles. The highest BCUT2D eigenvalue weighted by Crippen LogP contribution is 1.66. The minimum Gasteiger partial charge on any atom is -0.481 e. The maximum Gasteiger partial charge on any atom is 0.313 e. The molecule has 0 saturated heterocycles. The first-order valence-electron chi connectivity index (χ1n) is 3.33. The normalized spacial score (nSPS) is 6.93. The number of carboxylic acids is 2. The average molecular weight is 266 g/mol. The third kappa shape index (κ3) is 88.3. The monoisotopic (exact) mass is 266 g/mol. The van der Waals surface area contributed by atoms with Crippen molar-refractivity contribution in [3.8, 4) is 0 Å². The quantitative estimate of drug-likeness (QED) is 0.370. The highest BCUT2D eigenvalue weighted by molar-refractivity contribution is 7.81. The van der Waals surface area contributed by atoms with Gasteiger partial charge < -0.3 is 20.4 Å². The largest absolute Gasteiger partial charge is 0.481 e. The molecule has 0 aliphatic carbocycles. The first-order chi connectivity index (χ1) is 6.45. The van der Waals surface area contributed by atoms with Gasteiger partial charge in [-0.05, 0) is 0 Å². The van der Waals surface area contributed by atoms with Crippen LogP contribution in [0, 0.1) is 0 Å². The van der Waals surface area contributed by atoms with E-state index >= 15 is 0 Å². The Hall–Kier alpha value is -0.510. The summed E-state index contributed by atoms with van der Waals surface area (Å²) in [4.78, 5) is 18.6. The number of aliphatic hydroxyl groups is 2. The van der Waals surface area contributed by atoms with Gasteiger partial charge in [0.1, 0.15) is 0 Å². The summed E-state index contributed by atoms with van der Waals surface area (Å²) in [6.45, 7) is -0.250. The third-order valence-electron chi connectivity index (χ3n) is 0.371. The SMILES string of the molecule is F.O=C(O)CS.O=C(O)CS.OCCO. The molecule has 94 valence electrons. The van der Waals surface area contributed by atoms with Crippen molar-refractivity contribution in [3.63, 3.8) is 0 Å². The van der Waals surface area contributed by atoms with Crippen molar-refractivity contribution < 1.29 is 34.7 Å². The molecule has 0 aliphatic heterocycles.